The number of carbonyl (C=O) groups excluding carboxylic acids is 4. The fraction of sp³-hybridized carbons (Fsp3) is 0.682. The van der Waals surface area contributed by atoms with E-state index in [2.05, 4.69) is 31.9 Å². The first kappa shape index (κ1) is 50.3. The van der Waals surface area contributed by atoms with Crippen LogP contribution < -0.4 is 0 Å². The third kappa shape index (κ3) is 15.5. The Kier molecular flexibility index (Phi) is 24.4. The molecule has 2 aliphatic rings. The number of benzene rings is 2. The van der Waals surface area contributed by atoms with Crippen molar-refractivity contribution in [2.24, 2.45) is 0 Å². The average molecular weight is 973 g/mol. The molecule has 0 atom stereocenters. The molecular formula is C44H64Br2N2O12. The summed E-state index contributed by atoms with van der Waals surface area (Å²) in [6, 6.07) is 3.27. The first-order chi connectivity index (χ1) is 29.3. The molecule has 60 heavy (non-hydrogen) atoms. The Morgan fingerprint density at radius 3 is 1.00 bits per heavy atom. The van der Waals surface area contributed by atoms with Crippen molar-refractivity contribution in [2.45, 2.75) is 77.0 Å². The molecule has 2 heterocycles. The Bertz CT molecular complexity index is 1540. The Morgan fingerprint density at radius 1 is 0.383 bits per heavy atom. The number of halogens is 2. The van der Waals surface area contributed by atoms with Crippen molar-refractivity contribution < 1.29 is 57.1 Å². The van der Waals surface area contributed by atoms with E-state index in [1.807, 2.05) is 0 Å². The Morgan fingerprint density at radius 2 is 0.667 bits per heavy atom. The van der Waals surface area contributed by atoms with Gasteiger partial charge in [0, 0.05) is 71.4 Å². The lowest BCUT2D eigenvalue weighted by Crippen LogP contribution is -2.44. The van der Waals surface area contributed by atoms with Crippen LogP contribution >= 0.6 is 31.9 Å². The zero-order valence-electron chi connectivity index (χ0n) is 35.5. The maximum atomic E-state index is 13.9. The normalized spacial score (nSPS) is 13.8. The minimum Gasteiger partial charge on any atom is -0.382 e. The highest BCUT2D eigenvalue weighted by Crippen LogP contribution is 2.44. The quantitative estimate of drug-likeness (QED) is 0.0489. The van der Waals surface area contributed by atoms with Crippen molar-refractivity contribution >= 4 is 66.3 Å². The SMILES string of the molecule is COCCOCCOCCOCCCCCCCCN1C(=O)c2cc(Br)c3c4c(cc(Br)c(c24)C1=O)C(=O)N(CCCCCCCCOCCOCCOCCOC)C3=O. The van der Waals surface area contributed by atoms with E-state index in [-0.39, 0.29) is 13.1 Å². The third-order valence-corrected chi connectivity index (χ3v) is 11.6. The van der Waals surface area contributed by atoms with Gasteiger partial charge in [0.05, 0.1) is 90.4 Å². The highest BCUT2D eigenvalue weighted by Gasteiger charge is 2.42. The molecule has 0 aliphatic carbocycles. The number of amides is 4. The van der Waals surface area contributed by atoms with Gasteiger partial charge in [-0.2, -0.15) is 0 Å². The third-order valence-electron chi connectivity index (χ3n) is 10.4. The molecule has 0 aromatic heterocycles. The second kappa shape index (κ2) is 29.1. The van der Waals surface area contributed by atoms with E-state index in [0.717, 1.165) is 64.2 Å². The summed E-state index contributed by atoms with van der Waals surface area (Å²) in [4.78, 5) is 58.1. The minimum atomic E-state index is -0.419. The van der Waals surface area contributed by atoms with Gasteiger partial charge in [0.2, 0.25) is 0 Å². The molecule has 0 spiro atoms. The number of hydrogen-bond donors (Lipinski definition) is 0. The summed E-state index contributed by atoms with van der Waals surface area (Å²) in [6.45, 7) is 8.56. The molecule has 4 amide bonds. The van der Waals surface area contributed by atoms with Gasteiger partial charge in [-0.25, -0.2) is 0 Å². The number of methoxy groups -OCH3 is 2. The molecule has 0 saturated carbocycles. The van der Waals surface area contributed by atoms with Crippen molar-refractivity contribution in [2.75, 3.05) is 120 Å². The molecule has 0 unspecified atom stereocenters. The number of hydrogen-bond acceptors (Lipinski definition) is 12. The fourth-order valence-corrected chi connectivity index (χ4v) is 8.40. The highest BCUT2D eigenvalue weighted by atomic mass is 79.9. The van der Waals surface area contributed by atoms with E-state index in [1.165, 1.54) is 9.80 Å². The molecule has 16 heteroatoms. The summed E-state index contributed by atoms with van der Waals surface area (Å²) in [5, 5.41) is 0.733. The van der Waals surface area contributed by atoms with Crippen LogP contribution in [0.25, 0.3) is 10.8 Å². The van der Waals surface area contributed by atoms with Crippen molar-refractivity contribution in [1.82, 2.24) is 9.80 Å². The standard InChI is InChI=1S/C44H64Br2N2O12/c1-53-19-21-57-27-29-59-25-23-55-17-13-9-5-3-7-11-15-47-41(49)33-31-36(46)40-38-34(32-35(45)39(37(33)38)43(47)51)42(50)48(44(40)52)16-12-8-4-6-10-14-18-56-24-26-60-30-28-58-22-20-54-2/h31-32H,3-30H2,1-2H3. The predicted molar refractivity (Wildman–Crippen MR) is 234 cm³/mol. The van der Waals surface area contributed by atoms with Crippen LogP contribution in [-0.4, -0.2) is 153 Å². The summed E-state index contributed by atoms with van der Waals surface area (Å²) >= 11 is 7.12. The Hall–Kier alpha value is -2.38. The van der Waals surface area contributed by atoms with Gasteiger partial charge in [-0.3, -0.25) is 29.0 Å². The van der Waals surface area contributed by atoms with E-state index < -0.39 is 23.6 Å². The van der Waals surface area contributed by atoms with Gasteiger partial charge in [-0.1, -0.05) is 51.4 Å². The van der Waals surface area contributed by atoms with Crippen LogP contribution in [0.3, 0.4) is 0 Å². The predicted octanol–water partition coefficient (Wildman–Crippen LogP) is 7.63. The molecule has 14 nitrogen and oxygen atoms in total. The van der Waals surface area contributed by atoms with Crippen LogP contribution in [0.2, 0.25) is 0 Å². The van der Waals surface area contributed by atoms with E-state index in [1.54, 1.807) is 26.4 Å². The number of carbonyl (C=O) groups is 4. The van der Waals surface area contributed by atoms with Gasteiger partial charge in [-0.15, -0.1) is 0 Å². The monoisotopic (exact) mass is 970 g/mol. The fourth-order valence-electron chi connectivity index (χ4n) is 7.21. The number of unbranched alkanes of at least 4 members (excludes halogenated alkanes) is 10. The highest BCUT2D eigenvalue weighted by molar-refractivity contribution is 9.10. The van der Waals surface area contributed by atoms with Crippen LogP contribution in [0.15, 0.2) is 21.1 Å². The molecule has 0 saturated heterocycles. The van der Waals surface area contributed by atoms with Gasteiger partial charge < -0.3 is 37.9 Å². The van der Waals surface area contributed by atoms with Crippen LogP contribution in [0, 0.1) is 0 Å². The van der Waals surface area contributed by atoms with Gasteiger partial charge in [0.25, 0.3) is 23.6 Å². The number of nitrogens with zero attached hydrogens (tertiary/aromatic N) is 2. The second-order valence-corrected chi connectivity index (χ2v) is 16.4. The molecule has 2 aromatic rings. The molecule has 4 rings (SSSR count). The summed E-state index contributed by atoms with van der Waals surface area (Å²) in [5.74, 6) is -1.67. The summed E-state index contributed by atoms with van der Waals surface area (Å²) in [7, 11) is 3.28. The smallest absolute Gasteiger partial charge is 0.262 e. The Labute approximate surface area is 371 Å². The molecular weight excluding hydrogens is 908 g/mol. The zero-order valence-corrected chi connectivity index (χ0v) is 38.7. The van der Waals surface area contributed by atoms with Gasteiger partial charge in [-0.05, 0) is 69.7 Å². The lowest BCUT2D eigenvalue weighted by Gasteiger charge is -2.33. The maximum Gasteiger partial charge on any atom is 0.262 e. The van der Waals surface area contributed by atoms with E-state index in [9.17, 15) is 19.2 Å². The van der Waals surface area contributed by atoms with Crippen molar-refractivity contribution in [3.8, 4) is 0 Å². The molecule has 0 radical (unpaired) electrons. The largest absolute Gasteiger partial charge is 0.382 e. The topological polar surface area (TPSA) is 149 Å². The van der Waals surface area contributed by atoms with Crippen molar-refractivity contribution in [3.05, 3.63) is 43.3 Å². The van der Waals surface area contributed by atoms with E-state index in [0.29, 0.717) is 147 Å². The molecule has 2 aliphatic heterocycles. The van der Waals surface area contributed by atoms with E-state index in [4.69, 9.17) is 37.9 Å². The van der Waals surface area contributed by atoms with Gasteiger partial charge in [0.1, 0.15) is 0 Å². The summed E-state index contributed by atoms with van der Waals surface area (Å²) in [5.41, 5.74) is 1.24. The first-order valence-electron chi connectivity index (χ1n) is 21.5. The van der Waals surface area contributed by atoms with Crippen LogP contribution in [0.5, 0.6) is 0 Å². The summed E-state index contributed by atoms with van der Waals surface area (Å²) < 4.78 is 43.7. The zero-order chi connectivity index (χ0) is 43.0. The van der Waals surface area contributed by atoms with Crippen LogP contribution in [0.1, 0.15) is 118 Å². The van der Waals surface area contributed by atoms with Gasteiger partial charge in [0.15, 0.2) is 0 Å². The molecule has 336 valence electrons. The number of ether oxygens (including phenoxy) is 8. The molecule has 0 fully saturated rings. The second-order valence-electron chi connectivity index (χ2n) is 14.7. The van der Waals surface area contributed by atoms with Crippen molar-refractivity contribution in [1.29, 1.82) is 0 Å². The maximum absolute atomic E-state index is 13.9. The molecule has 2 aromatic carbocycles. The lowest BCUT2D eigenvalue weighted by molar-refractivity contribution is 0.00323. The van der Waals surface area contributed by atoms with Crippen LogP contribution in [0.4, 0.5) is 0 Å². The minimum absolute atomic E-state index is 0.286. The Balaban J connectivity index is 1.15. The van der Waals surface area contributed by atoms with E-state index >= 15 is 0 Å². The van der Waals surface area contributed by atoms with Gasteiger partial charge >= 0.3 is 0 Å². The molecule has 0 N–H and O–H groups in total. The lowest BCUT2D eigenvalue weighted by atomic mass is 9.85. The number of imide groups is 2. The van der Waals surface area contributed by atoms with Crippen molar-refractivity contribution in [3.63, 3.8) is 0 Å². The van der Waals surface area contributed by atoms with Crippen LogP contribution in [-0.2, 0) is 37.9 Å². The number of rotatable bonds is 36. The summed E-state index contributed by atoms with van der Waals surface area (Å²) in [6.07, 6.45) is 11.1. The first-order valence-corrected chi connectivity index (χ1v) is 23.1. The average Bonchev–Trinajstić information content (AvgIpc) is 3.23. The molecule has 0 bridgehead atoms.